The summed E-state index contributed by atoms with van der Waals surface area (Å²) in [7, 11) is -1.83. The van der Waals surface area contributed by atoms with Gasteiger partial charge >= 0.3 is 0 Å². The van der Waals surface area contributed by atoms with E-state index in [4.69, 9.17) is 11.1 Å². The van der Waals surface area contributed by atoms with Crippen LogP contribution in [0.15, 0.2) is 24.3 Å². The van der Waals surface area contributed by atoms with Gasteiger partial charge in [0.1, 0.15) is 8.83 Å². The zero-order valence-electron chi connectivity index (χ0n) is 13.9. The van der Waals surface area contributed by atoms with E-state index in [1.165, 1.54) is 44.6 Å². The molecule has 0 spiro atoms. The Hall–Kier alpha value is 0.204. The maximum Gasteiger partial charge on any atom is 0.128 e. The SMILES string of the molecule is CCCCCCCC[Si](C)(C1C=CC=C1)C(C)(C)[SiH2]Cl. The number of unbranched alkanes of at least 4 members (excludes halogenated alkanes) is 5. The summed E-state index contributed by atoms with van der Waals surface area (Å²) in [6.07, 6.45) is 17.8. The van der Waals surface area contributed by atoms with Crippen molar-refractivity contribution in [2.24, 2.45) is 0 Å². The fraction of sp³-hybridized carbons (Fsp3) is 0.765. The van der Waals surface area contributed by atoms with Crippen molar-refractivity contribution in [3.63, 3.8) is 0 Å². The highest BCUT2D eigenvalue weighted by Crippen LogP contribution is 2.49. The van der Waals surface area contributed by atoms with E-state index in [1.54, 1.807) is 0 Å². The first kappa shape index (κ1) is 18.3. The van der Waals surface area contributed by atoms with Crippen LogP contribution >= 0.6 is 11.1 Å². The van der Waals surface area contributed by atoms with E-state index in [1.807, 2.05) is 0 Å². The number of hydrogen-bond acceptors (Lipinski definition) is 0. The van der Waals surface area contributed by atoms with Crippen molar-refractivity contribution in [3.8, 4) is 0 Å². The van der Waals surface area contributed by atoms with Crippen LogP contribution in [0.1, 0.15) is 59.3 Å². The Labute approximate surface area is 134 Å². The van der Waals surface area contributed by atoms with Crippen LogP contribution in [-0.2, 0) is 0 Å². The minimum Gasteiger partial charge on any atom is -0.176 e. The van der Waals surface area contributed by atoms with E-state index in [-0.39, 0.29) is 0 Å². The van der Waals surface area contributed by atoms with Gasteiger partial charge in [0.05, 0.1) is 8.07 Å². The van der Waals surface area contributed by atoms with Crippen LogP contribution in [-0.4, -0.2) is 16.9 Å². The van der Waals surface area contributed by atoms with Crippen LogP contribution in [0.4, 0.5) is 0 Å². The highest BCUT2D eigenvalue weighted by Gasteiger charge is 2.46. The van der Waals surface area contributed by atoms with Crippen LogP contribution < -0.4 is 0 Å². The van der Waals surface area contributed by atoms with Gasteiger partial charge in [-0.2, -0.15) is 11.1 Å². The molecule has 0 fully saturated rings. The molecule has 116 valence electrons. The van der Waals surface area contributed by atoms with Gasteiger partial charge in [-0.25, -0.2) is 0 Å². The molecule has 0 N–H and O–H groups in total. The lowest BCUT2D eigenvalue weighted by molar-refractivity contribution is 0.619. The highest BCUT2D eigenvalue weighted by molar-refractivity contribution is 7.06. The Kier molecular flexibility index (Phi) is 7.85. The zero-order chi connectivity index (χ0) is 15.1. The van der Waals surface area contributed by atoms with Gasteiger partial charge < -0.3 is 0 Å². The maximum atomic E-state index is 6.46. The van der Waals surface area contributed by atoms with Crippen molar-refractivity contribution in [2.75, 3.05) is 0 Å². The monoisotopic (exact) mass is 328 g/mol. The molecule has 1 rings (SSSR count). The van der Waals surface area contributed by atoms with Crippen molar-refractivity contribution in [1.82, 2.24) is 0 Å². The van der Waals surface area contributed by atoms with E-state index >= 15 is 0 Å². The lowest BCUT2D eigenvalue weighted by atomic mass is 10.1. The molecule has 0 nitrogen and oxygen atoms in total. The molecule has 0 aromatic heterocycles. The van der Waals surface area contributed by atoms with Gasteiger partial charge in [0.25, 0.3) is 0 Å². The van der Waals surface area contributed by atoms with Gasteiger partial charge in [0.2, 0.25) is 0 Å². The topological polar surface area (TPSA) is 0 Å². The predicted molar refractivity (Wildman–Crippen MR) is 100 cm³/mol. The van der Waals surface area contributed by atoms with Crippen LogP contribution in [0, 0.1) is 0 Å². The molecule has 0 saturated heterocycles. The maximum absolute atomic E-state index is 6.46. The average molecular weight is 329 g/mol. The van der Waals surface area contributed by atoms with Crippen molar-refractivity contribution in [1.29, 1.82) is 0 Å². The first-order valence-corrected chi connectivity index (χ1v) is 14.0. The fourth-order valence-electron chi connectivity index (χ4n) is 3.24. The van der Waals surface area contributed by atoms with E-state index < -0.39 is 16.9 Å². The summed E-state index contributed by atoms with van der Waals surface area (Å²) in [6, 6.07) is 1.45. The zero-order valence-corrected chi connectivity index (χ0v) is 17.1. The van der Waals surface area contributed by atoms with Crippen LogP contribution in [0.2, 0.25) is 22.8 Å². The Balaban J connectivity index is 2.56. The van der Waals surface area contributed by atoms with E-state index in [0.29, 0.717) is 4.66 Å². The molecule has 20 heavy (non-hydrogen) atoms. The number of hydrogen-bond donors (Lipinski definition) is 0. The van der Waals surface area contributed by atoms with E-state index in [2.05, 4.69) is 51.6 Å². The smallest absolute Gasteiger partial charge is 0.128 e. The third-order valence-corrected chi connectivity index (χ3v) is 18.1. The Morgan fingerprint density at radius 2 is 1.60 bits per heavy atom. The summed E-state index contributed by atoms with van der Waals surface area (Å²) >= 11 is 6.46. The summed E-state index contributed by atoms with van der Waals surface area (Å²) in [5.74, 6) is 0. The second-order valence-electron chi connectivity index (χ2n) is 7.25. The molecule has 1 aliphatic carbocycles. The van der Waals surface area contributed by atoms with Gasteiger partial charge in [-0.05, 0) is 10.2 Å². The normalized spacial score (nSPS) is 19.2. The predicted octanol–water partition coefficient (Wildman–Crippen LogP) is 5.98. The summed E-state index contributed by atoms with van der Waals surface area (Å²) in [5, 5.41) is 0. The molecule has 3 heteroatoms. The van der Waals surface area contributed by atoms with Crippen LogP contribution in [0.25, 0.3) is 0 Å². The molecule has 0 aromatic carbocycles. The lowest BCUT2D eigenvalue weighted by Crippen LogP contribution is -2.47. The van der Waals surface area contributed by atoms with Gasteiger partial charge in [0.15, 0.2) is 0 Å². The molecule has 0 aromatic rings. The minimum absolute atomic E-state index is 0.446. The van der Waals surface area contributed by atoms with Crippen LogP contribution in [0.3, 0.4) is 0 Å². The Morgan fingerprint density at radius 1 is 1.05 bits per heavy atom. The average Bonchev–Trinajstić information content (AvgIpc) is 2.96. The number of allylic oxidation sites excluding steroid dienone is 4. The van der Waals surface area contributed by atoms with E-state index in [0.717, 1.165) is 5.54 Å². The van der Waals surface area contributed by atoms with E-state index in [9.17, 15) is 0 Å². The minimum atomic E-state index is -1.36. The quantitative estimate of drug-likeness (QED) is 0.263. The summed E-state index contributed by atoms with van der Waals surface area (Å²) in [4.78, 5) is 0. The molecule has 0 bridgehead atoms. The van der Waals surface area contributed by atoms with Crippen molar-refractivity contribution < 1.29 is 0 Å². The van der Waals surface area contributed by atoms with Gasteiger partial charge in [-0.15, -0.1) is 0 Å². The van der Waals surface area contributed by atoms with Gasteiger partial charge in [0, 0.05) is 0 Å². The Bertz CT molecular complexity index is 324. The third-order valence-electron chi connectivity index (χ3n) is 5.41. The highest BCUT2D eigenvalue weighted by atomic mass is 35.6. The molecule has 1 atom stereocenters. The molecule has 1 aliphatic rings. The summed E-state index contributed by atoms with van der Waals surface area (Å²) in [5.41, 5.74) is 0.722. The van der Waals surface area contributed by atoms with Gasteiger partial charge in [-0.1, -0.05) is 96.2 Å². The largest absolute Gasteiger partial charge is 0.176 e. The van der Waals surface area contributed by atoms with Gasteiger partial charge in [-0.3, -0.25) is 0 Å². The first-order valence-electron chi connectivity index (χ1n) is 8.39. The summed E-state index contributed by atoms with van der Waals surface area (Å²) < 4.78 is 0.446. The van der Waals surface area contributed by atoms with Crippen molar-refractivity contribution in [2.45, 2.75) is 82.1 Å². The molecule has 0 aliphatic heterocycles. The second-order valence-corrected chi connectivity index (χ2v) is 16.1. The summed E-state index contributed by atoms with van der Waals surface area (Å²) in [6.45, 7) is 9.81. The standard InChI is InChI=1S/C17H33ClSi2/c1-5-6-7-8-9-12-15-20(4,17(2,3)19-18)16-13-10-11-14-16/h10-11,13-14,16H,5-9,12,15,19H2,1-4H3. The number of halogens is 1. The second kappa shape index (κ2) is 8.60. The third kappa shape index (κ3) is 4.61. The molecule has 1 unspecified atom stereocenters. The molecule has 0 amide bonds. The molecule has 0 saturated carbocycles. The number of rotatable bonds is 10. The Morgan fingerprint density at radius 3 is 2.15 bits per heavy atom. The molecular weight excluding hydrogens is 296 g/mol. The fourth-order valence-corrected chi connectivity index (χ4v) is 12.4. The lowest BCUT2D eigenvalue weighted by Gasteiger charge is -2.45. The molecule has 0 radical (unpaired) electrons. The first-order chi connectivity index (χ1) is 9.48. The van der Waals surface area contributed by atoms with Crippen molar-refractivity contribution >= 4 is 28.0 Å². The van der Waals surface area contributed by atoms with Crippen LogP contribution in [0.5, 0.6) is 0 Å². The molecular formula is C17H33ClSi2. The molecule has 0 heterocycles. The van der Waals surface area contributed by atoms with Crippen molar-refractivity contribution in [3.05, 3.63) is 24.3 Å².